The van der Waals surface area contributed by atoms with Gasteiger partial charge in [0.1, 0.15) is 5.82 Å². The molecular formula is C14H21N3O. The summed E-state index contributed by atoms with van der Waals surface area (Å²) >= 11 is 0. The lowest BCUT2D eigenvalue weighted by Crippen LogP contribution is -2.31. The van der Waals surface area contributed by atoms with Crippen LogP contribution in [0.5, 0.6) is 0 Å². The van der Waals surface area contributed by atoms with E-state index in [4.69, 9.17) is 4.98 Å². The van der Waals surface area contributed by atoms with Gasteiger partial charge in [-0.15, -0.1) is 0 Å². The number of rotatable bonds is 2. The zero-order chi connectivity index (χ0) is 12.5. The van der Waals surface area contributed by atoms with E-state index in [0.717, 1.165) is 50.4 Å². The standard InChI is InChI=1S/C14H21N3O/c1-10-3-5-17-13(6-10)16-12(8-14(17)18)7-11-2-4-15-9-11/h8,10-11,15H,2-7,9H2,1H3. The predicted octanol–water partition coefficient (Wildman–Crippen LogP) is 0.978. The third kappa shape index (κ3) is 2.34. The van der Waals surface area contributed by atoms with Crippen LogP contribution in [0.1, 0.15) is 31.3 Å². The van der Waals surface area contributed by atoms with Crippen LogP contribution >= 0.6 is 0 Å². The van der Waals surface area contributed by atoms with Crippen LogP contribution in [0.4, 0.5) is 0 Å². The SMILES string of the molecule is CC1CCn2c(nc(CC3CCNC3)cc2=O)C1. The number of nitrogens with one attached hydrogen (secondary N) is 1. The molecule has 0 radical (unpaired) electrons. The Balaban J connectivity index is 1.85. The van der Waals surface area contributed by atoms with E-state index < -0.39 is 0 Å². The fourth-order valence-corrected chi connectivity index (χ4v) is 3.05. The van der Waals surface area contributed by atoms with E-state index in [1.165, 1.54) is 6.42 Å². The van der Waals surface area contributed by atoms with Gasteiger partial charge in [-0.05, 0) is 44.2 Å². The predicted molar refractivity (Wildman–Crippen MR) is 70.7 cm³/mol. The summed E-state index contributed by atoms with van der Waals surface area (Å²) in [5.74, 6) is 2.31. The molecule has 0 bridgehead atoms. The smallest absolute Gasteiger partial charge is 0.253 e. The van der Waals surface area contributed by atoms with Crippen LogP contribution in [0.2, 0.25) is 0 Å². The molecule has 0 aliphatic carbocycles. The molecule has 3 heterocycles. The minimum atomic E-state index is 0.146. The minimum absolute atomic E-state index is 0.146. The number of nitrogens with zero attached hydrogens (tertiary/aromatic N) is 2. The molecule has 2 unspecified atom stereocenters. The van der Waals surface area contributed by atoms with E-state index in [-0.39, 0.29) is 5.56 Å². The maximum atomic E-state index is 12.1. The third-order valence-electron chi connectivity index (χ3n) is 4.18. The van der Waals surface area contributed by atoms with Gasteiger partial charge >= 0.3 is 0 Å². The van der Waals surface area contributed by atoms with Gasteiger partial charge in [-0.2, -0.15) is 0 Å². The van der Waals surface area contributed by atoms with Crippen molar-refractivity contribution in [2.24, 2.45) is 11.8 Å². The van der Waals surface area contributed by atoms with Crippen LogP contribution in [0, 0.1) is 11.8 Å². The Kier molecular flexibility index (Phi) is 3.20. The van der Waals surface area contributed by atoms with Gasteiger partial charge in [-0.1, -0.05) is 6.92 Å². The number of fused-ring (bicyclic) bond motifs is 1. The summed E-state index contributed by atoms with van der Waals surface area (Å²) < 4.78 is 1.86. The summed E-state index contributed by atoms with van der Waals surface area (Å²) in [7, 11) is 0. The molecule has 98 valence electrons. The third-order valence-corrected chi connectivity index (χ3v) is 4.18. The molecule has 1 fully saturated rings. The van der Waals surface area contributed by atoms with Crippen molar-refractivity contribution in [1.29, 1.82) is 0 Å². The maximum Gasteiger partial charge on any atom is 0.253 e. The molecule has 1 saturated heterocycles. The van der Waals surface area contributed by atoms with Crippen molar-refractivity contribution in [2.45, 2.75) is 39.2 Å². The first-order valence-electron chi connectivity index (χ1n) is 7.02. The quantitative estimate of drug-likeness (QED) is 0.847. The first-order valence-corrected chi connectivity index (χ1v) is 7.02. The minimum Gasteiger partial charge on any atom is -0.316 e. The highest BCUT2D eigenvalue weighted by molar-refractivity contribution is 5.08. The second-order valence-electron chi connectivity index (χ2n) is 5.81. The number of hydrogen-bond acceptors (Lipinski definition) is 3. The molecule has 0 saturated carbocycles. The van der Waals surface area contributed by atoms with Gasteiger partial charge in [0.05, 0.1) is 0 Å². The van der Waals surface area contributed by atoms with Gasteiger partial charge in [0.2, 0.25) is 0 Å². The molecule has 0 amide bonds. The average molecular weight is 247 g/mol. The lowest BCUT2D eigenvalue weighted by molar-refractivity contribution is 0.391. The molecule has 2 atom stereocenters. The zero-order valence-corrected chi connectivity index (χ0v) is 11.0. The molecule has 1 N–H and O–H groups in total. The Bertz CT molecular complexity index is 488. The van der Waals surface area contributed by atoms with Crippen LogP contribution in [0.3, 0.4) is 0 Å². The van der Waals surface area contributed by atoms with E-state index in [0.29, 0.717) is 11.8 Å². The average Bonchev–Trinajstić information content (AvgIpc) is 2.81. The summed E-state index contributed by atoms with van der Waals surface area (Å²) in [5.41, 5.74) is 1.14. The molecule has 1 aromatic heterocycles. The lowest BCUT2D eigenvalue weighted by Gasteiger charge is -2.23. The lowest BCUT2D eigenvalue weighted by atomic mass is 9.99. The van der Waals surface area contributed by atoms with Crippen molar-refractivity contribution in [1.82, 2.24) is 14.9 Å². The van der Waals surface area contributed by atoms with Gasteiger partial charge in [0.15, 0.2) is 0 Å². The zero-order valence-electron chi connectivity index (χ0n) is 11.0. The second-order valence-corrected chi connectivity index (χ2v) is 5.81. The molecule has 0 spiro atoms. The van der Waals surface area contributed by atoms with Gasteiger partial charge in [-0.25, -0.2) is 4.98 Å². The monoisotopic (exact) mass is 247 g/mol. The fourth-order valence-electron chi connectivity index (χ4n) is 3.05. The Morgan fingerprint density at radius 3 is 3.17 bits per heavy atom. The first-order chi connectivity index (χ1) is 8.72. The van der Waals surface area contributed by atoms with Gasteiger partial charge < -0.3 is 5.32 Å². The Morgan fingerprint density at radius 2 is 2.39 bits per heavy atom. The van der Waals surface area contributed by atoms with Crippen LogP contribution in [0.25, 0.3) is 0 Å². The molecule has 2 aliphatic heterocycles. The van der Waals surface area contributed by atoms with Crippen molar-refractivity contribution in [2.75, 3.05) is 13.1 Å². The van der Waals surface area contributed by atoms with Gasteiger partial charge in [0, 0.05) is 24.7 Å². The fraction of sp³-hybridized carbons (Fsp3) is 0.714. The van der Waals surface area contributed by atoms with Crippen molar-refractivity contribution in [3.05, 3.63) is 27.9 Å². The van der Waals surface area contributed by atoms with E-state index in [2.05, 4.69) is 12.2 Å². The topological polar surface area (TPSA) is 46.9 Å². The Morgan fingerprint density at radius 1 is 1.50 bits per heavy atom. The summed E-state index contributed by atoms with van der Waals surface area (Å²) in [5, 5.41) is 3.37. The largest absolute Gasteiger partial charge is 0.316 e. The molecular weight excluding hydrogens is 226 g/mol. The van der Waals surface area contributed by atoms with Gasteiger partial charge in [0.25, 0.3) is 5.56 Å². The van der Waals surface area contributed by atoms with Crippen molar-refractivity contribution >= 4 is 0 Å². The summed E-state index contributed by atoms with van der Waals surface area (Å²) in [6, 6.07) is 1.75. The number of hydrogen-bond donors (Lipinski definition) is 1. The molecule has 1 aromatic rings. The maximum absolute atomic E-state index is 12.1. The van der Waals surface area contributed by atoms with Crippen LogP contribution in [-0.2, 0) is 19.4 Å². The Labute approximate surface area is 107 Å². The molecule has 0 aromatic carbocycles. The summed E-state index contributed by atoms with van der Waals surface area (Å²) in [4.78, 5) is 16.8. The van der Waals surface area contributed by atoms with E-state index in [1.807, 2.05) is 4.57 Å². The second kappa shape index (κ2) is 4.84. The molecule has 4 nitrogen and oxygen atoms in total. The molecule has 2 aliphatic rings. The van der Waals surface area contributed by atoms with Crippen molar-refractivity contribution in [3.8, 4) is 0 Å². The van der Waals surface area contributed by atoms with Crippen LogP contribution < -0.4 is 10.9 Å². The van der Waals surface area contributed by atoms with Crippen molar-refractivity contribution in [3.63, 3.8) is 0 Å². The molecule has 18 heavy (non-hydrogen) atoms. The van der Waals surface area contributed by atoms with Crippen molar-refractivity contribution < 1.29 is 0 Å². The highest BCUT2D eigenvalue weighted by Crippen LogP contribution is 2.18. The van der Waals surface area contributed by atoms with Crippen LogP contribution in [-0.4, -0.2) is 22.6 Å². The molecule has 3 rings (SSSR count). The highest BCUT2D eigenvalue weighted by Gasteiger charge is 2.20. The van der Waals surface area contributed by atoms with E-state index in [1.54, 1.807) is 6.07 Å². The highest BCUT2D eigenvalue weighted by atomic mass is 16.1. The van der Waals surface area contributed by atoms with E-state index >= 15 is 0 Å². The van der Waals surface area contributed by atoms with Crippen LogP contribution in [0.15, 0.2) is 10.9 Å². The van der Waals surface area contributed by atoms with Gasteiger partial charge in [-0.3, -0.25) is 9.36 Å². The Hall–Kier alpha value is -1.16. The molecule has 4 heteroatoms. The summed E-state index contributed by atoms with van der Waals surface area (Å²) in [6.07, 6.45) is 4.20. The summed E-state index contributed by atoms with van der Waals surface area (Å²) in [6.45, 7) is 5.25. The van der Waals surface area contributed by atoms with E-state index in [9.17, 15) is 4.79 Å². The number of aromatic nitrogens is 2. The first kappa shape index (κ1) is 11.9. The normalized spacial score (nSPS) is 27.2.